The topological polar surface area (TPSA) is 109 Å². The Bertz CT molecular complexity index is 1970. The molecule has 0 amide bonds. The smallest absolute Gasteiger partial charge is 0.215 e. The number of Topliss-reactive ketones (excluding diaryl/α,β-unsaturated/α-hetero) is 1. The molecule has 1 N–H and O–H groups in total. The molecular formula is C36H35F2N7O3. The lowest BCUT2D eigenvalue weighted by Crippen LogP contribution is -2.46. The second-order valence-corrected chi connectivity index (χ2v) is 11.5. The minimum absolute atomic E-state index is 0.00976. The number of anilines is 3. The van der Waals surface area contributed by atoms with Crippen LogP contribution in [0.2, 0.25) is 0 Å². The number of para-hydroxylation sites is 1. The van der Waals surface area contributed by atoms with Crippen molar-refractivity contribution in [3.63, 3.8) is 0 Å². The van der Waals surface area contributed by atoms with Crippen LogP contribution in [0.1, 0.15) is 34.2 Å². The molecule has 5 aromatic rings. The number of benzene rings is 3. The number of halogens is 2. The zero-order valence-electron chi connectivity index (χ0n) is 26.7. The minimum Gasteiger partial charge on any atom is -0.473 e. The number of hydrogen-bond donors (Lipinski definition) is 1. The Morgan fingerprint density at radius 3 is 2.50 bits per heavy atom. The van der Waals surface area contributed by atoms with Gasteiger partial charge in [-0.2, -0.15) is 10.2 Å². The van der Waals surface area contributed by atoms with E-state index in [-0.39, 0.29) is 34.7 Å². The highest BCUT2D eigenvalue weighted by molar-refractivity contribution is 6.04. The van der Waals surface area contributed by atoms with Crippen LogP contribution in [-0.2, 0) is 24.4 Å². The minimum atomic E-state index is -0.570. The van der Waals surface area contributed by atoms with Gasteiger partial charge < -0.3 is 24.3 Å². The van der Waals surface area contributed by atoms with Gasteiger partial charge in [-0.3, -0.25) is 9.69 Å². The maximum absolute atomic E-state index is 16.2. The van der Waals surface area contributed by atoms with Crippen molar-refractivity contribution in [1.82, 2.24) is 19.4 Å². The van der Waals surface area contributed by atoms with Crippen molar-refractivity contribution in [3.8, 4) is 11.9 Å². The SMILES string of the molecule is COCCn1c(CN2CCN(c3cccc(OCc4ccc(C#N)cc4F)n3)CC2)nc2c(F)c(Nc3ccccc3)c(C(C)=O)cc21. The molecule has 6 rings (SSSR count). The first kappa shape index (κ1) is 32.6. The number of carbonyl (C=O) groups excluding carboxylic acids is 1. The number of nitriles is 1. The number of aromatic nitrogens is 3. The molecule has 1 fully saturated rings. The summed E-state index contributed by atoms with van der Waals surface area (Å²) in [6, 6.07) is 22.6. The van der Waals surface area contributed by atoms with E-state index in [2.05, 4.69) is 20.1 Å². The van der Waals surface area contributed by atoms with Crippen LogP contribution >= 0.6 is 0 Å². The normalized spacial score (nSPS) is 13.4. The standard InChI is InChI=1S/C36H35F2N7O3/c1-24(46)28-20-30-36(34(38)35(28)40-27-7-4-3-5-8-27)42-32(45(30)17-18-47-2)22-43-13-15-44(16-14-43)31-9-6-10-33(41-31)48-23-26-12-11-25(21-39)19-29(26)37/h3-12,19-20,40H,13-18,22-23H2,1-2H3. The van der Waals surface area contributed by atoms with Crippen LogP contribution in [-0.4, -0.2) is 65.1 Å². The lowest BCUT2D eigenvalue weighted by atomic mass is 10.1. The number of fused-ring (bicyclic) bond motifs is 1. The van der Waals surface area contributed by atoms with Crippen molar-refractivity contribution in [2.45, 2.75) is 26.6 Å². The van der Waals surface area contributed by atoms with Crippen molar-refractivity contribution >= 4 is 34.0 Å². The number of piperazine rings is 1. The van der Waals surface area contributed by atoms with Gasteiger partial charge in [-0.15, -0.1) is 0 Å². The molecule has 246 valence electrons. The lowest BCUT2D eigenvalue weighted by Gasteiger charge is -2.35. The van der Waals surface area contributed by atoms with Crippen LogP contribution in [0.15, 0.2) is 72.8 Å². The predicted octanol–water partition coefficient (Wildman–Crippen LogP) is 6.07. The zero-order chi connectivity index (χ0) is 33.6. The van der Waals surface area contributed by atoms with Crippen molar-refractivity contribution < 1.29 is 23.0 Å². The molecule has 0 radical (unpaired) electrons. The first-order valence-corrected chi connectivity index (χ1v) is 15.6. The molecule has 1 saturated heterocycles. The van der Waals surface area contributed by atoms with E-state index >= 15 is 4.39 Å². The molecule has 3 heterocycles. The van der Waals surface area contributed by atoms with E-state index in [0.717, 1.165) is 5.82 Å². The fourth-order valence-corrected chi connectivity index (χ4v) is 5.77. The van der Waals surface area contributed by atoms with Crippen molar-refractivity contribution in [2.24, 2.45) is 0 Å². The van der Waals surface area contributed by atoms with E-state index < -0.39 is 11.6 Å². The Hall–Kier alpha value is -5.38. The first-order chi connectivity index (χ1) is 23.3. The summed E-state index contributed by atoms with van der Waals surface area (Å²) in [5.74, 6) is 0.484. The third-order valence-corrected chi connectivity index (χ3v) is 8.33. The molecule has 3 aromatic carbocycles. The average molecular weight is 652 g/mol. The van der Waals surface area contributed by atoms with Gasteiger partial charge in [0.05, 0.1) is 36.0 Å². The third kappa shape index (κ3) is 7.12. The molecule has 0 spiro atoms. The number of nitrogens with zero attached hydrogens (tertiary/aromatic N) is 6. The summed E-state index contributed by atoms with van der Waals surface area (Å²) in [5.41, 5.74) is 2.37. The van der Waals surface area contributed by atoms with Crippen LogP contribution < -0.4 is 15.0 Å². The quantitative estimate of drug-likeness (QED) is 0.161. The third-order valence-electron chi connectivity index (χ3n) is 8.33. The Balaban J connectivity index is 1.17. The molecule has 0 bridgehead atoms. The highest BCUT2D eigenvalue weighted by Crippen LogP contribution is 2.33. The zero-order valence-corrected chi connectivity index (χ0v) is 26.7. The van der Waals surface area contributed by atoms with Gasteiger partial charge in [-0.25, -0.2) is 13.8 Å². The van der Waals surface area contributed by atoms with E-state index in [1.54, 1.807) is 25.3 Å². The Morgan fingerprint density at radius 2 is 1.79 bits per heavy atom. The summed E-state index contributed by atoms with van der Waals surface area (Å²) >= 11 is 0. The van der Waals surface area contributed by atoms with Crippen LogP contribution in [0.4, 0.5) is 26.0 Å². The highest BCUT2D eigenvalue weighted by Gasteiger charge is 2.25. The van der Waals surface area contributed by atoms with E-state index in [1.807, 2.05) is 53.1 Å². The molecule has 0 aliphatic carbocycles. The fraction of sp³-hybridized carbons (Fsp3) is 0.278. The maximum atomic E-state index is 16.2. The molecule has 0 unspecified atom stereocenters. The summed E-state index contributed by atoms with van der Waals surface area (Å²) in [6.45, 7) is 5.54. The number of imidazole rings is 1. The van der Waals surface area contributed by atoms with Gasteiger partial charge in [-0.05, 0) is 43.3 Å². The second-order valence-electron chi connectivity index (χ2n) is 11.5. The van der Waals surface area contributed by atoms with Crippen molar-refractivity contribution in [2.75, 3.05) is 50.1 Å². The number of ether oxygens (including phenoxy) is 2. The van der Waals surface area contributed by atoms with Gasteiger partial charge in [-0.1, -0.05) is 30.3 Å². The summed E-state index contributed by atoms with van der Waals surface area (Å²) in [5, 5.41) is 12.1. The monoisotopic (exact) mass is 651 g/mol. The van der Waals surface area contributed by atoms with Gasteiger partial charge in [0.1, 0.15) is 29.6 Å². The Labute approximate surface area is 277 Å². The number of rotatable bonds is 12. The van der Waals surface area contributed by atoms with E-state index in [4.69, 9.17) is 19.7 Å². The Kier molecular flexibility index (Phi) is 9.89. The number of pyridine rings is 1. The summed E-state index contributed by atoms with van der Waals surface area (Å²) in [4.78, 5) is 26.5. The van der Waals surface area contributed by atoms with Crippen molar-refractivity contribution in [3.05, 3.63) is 107 Å². The van der Waals surface area contributed by atoms with Crippen LogP contribution in [0.3, 0.4) is 0 Å². The number of ketones is 1. The number of methoxy groups -OCH3 is 1. The molecule has 2 aromatic heterocycles. The fourth-order valence-electron chi connectivity index (χ4n) is 5.77. The second kappa shape index (κ2) is 14.6. The van der Waals surface area contributed by atoms with Gasteiger partial charge in [0.2, 0.25) is 5.88 Å². The van der Waals surface area contributed by atoms with Crippen molar-refractivity contribution in [1.29, 1.82) is 5.26 Å². The highest BCUT2D eigenvalue weighted by atomic mass is 19.1. The van der Waals surface area contributed by atoms with Crippen LogP contribution in [0, 0.1) is 23.0 Å². The molecule has 1 aliphatic rings. The number of hydrogen-bond acceptors (Lipinski definition) is 9. The molecule has 48 heavy (non-hydrogen) atoms. The van der Waals surface area contributed by atoms with E-state index in [0.29, 0.717) is 74.3 Å². The maximum Gasteiger partial charge on any atom is 0.215 e. The molecule has 10 nitrogen and oxygen atoms in total. The van der Waals surface area contributed by atoms with Gasteiger partial charge in [0, 0.05) is 62.7 Å². The molecule has 12 heteroatoms. The van der Waals surface area contributed by atoms with E-state index in [9.17, 15) is 9.18 Å². The van der Waals surface area contributed by atoms with Crippen LogP contribution in [0.5, 0.6) is 5.88 Å². The van der Waals surface area contributed by atoms with Gasteiger partial charge >= 0.3 is 0 Å². The van der Waals surface area contributed by atoms with E-state index in [1.165, 1.54) is 19.1 Å². The predicted molar refractivity (Wildman–Crippen MR) is 178 cm³/mol. The average Bonchev–Trinajstić information content (AvgIpc) is 3.45. The molecule has 0 atom stereocenters. The summed E-state index contributed by atoms with van der Waals surface area (Å²) < 4.78 is 43.5. The van der Waals surface area contributed by atoms with Gasteiger partial charge in [0.25, 0.3) is 0 Å². The van der Waals surface area contributed by atoms with Crippen LogP contribution in [0.25, 0.3) is 11.0 Å². The molecule has 0 saturated carbocycles. The summed E-state index contributed by atoms with van der Waals surface area (Å²) in [6.07, 6.45) is 0. The number of nitrogens with one attached hydrogen (secondary N) is 1. The molecule has 1 aliphatic heterocycles. The summed E-state index contributed by atoms with van der Waals surface area (Å²) in [7, 11) is 1.61. The van der Waals surface area contributed by atoms with Gasteiger partial charge in [0.15, 0.2) is 11.6 Å². The largest absolute Gasteiger partial charge is 0.473 e. The first-order valence-electron chi connectivity index (χ1n) is 15.6. The molecular weight excluding hydrogens is 616 g/mol. The number of carbonyl (C=O) groups is 1. The lowest BCUT2D eigenvalue weighted by molar-refractivity contribution is 0.101. The Morgan fingerprint density at radius 1 is 1.00 bits per heavy atom.